The molecule has 0 radical (unpaired) electrons. The van der Waals surface area contributed by atoms with Gasteiger partial charge in [-0.3, -0.25) is 14.9 Å². The first-order valence-corrected chi connectivity index (χ1v) is 3.87. The molecule has 86 valence electrons. The van der Waals surface area contributed by atoms with E-state index in [-0.39, 0.29) is 0 Å². The van der Waals surface area contributed by atoms with Crippen molar-refractivity contribution in [3.05, 3.63) is 39.2 Å². The van der Waals surface area contributed by atoms with Crippen LogP contribution in [0, 0.1) is 27.6 Å². The number of carboxylic acids is 1. The van der Waals surface area contributed by atoms with Crippen molar-refractivity contribution in [1.82, 2.24) is 0 Å². The SMILES string of the molecule is O=C(O)Cc1cc([N+](=O)[O-])c(F)c(F)c1F. The third kappa shape index (κ3) is 2.10. The number of nitro benzene ring substituents is 1. The summed E-state index contributed by atoms with van der Waals surface area (Å²) in [6, 6.07) is 0.363. The van der Waals surface area contributed by atoms with Gasteiger partial charge < -0.3 is 5.11 Å². The summed E-state index contributed by atoms with van der Waals surface area (Å²) in [4.78, 5) is 19.2. The van der Waals surface area contributed by atoms with Crippen LogP contribution in [-0.4, -0.2) is 16.0 Å². The zero-order valence-corrected chi connectivity index (χ0v) is 7.54. The van der Waals surface area contributed by atoms with Crippen molar-refractivity contribution in [2.75, 3.05) is 0 Å². The Bertz CT molecular complexity index is 475. The predicted octanol–water partition coefficient (Wildman–Crippen LogP) is 1.64. The third-order valence-corrected chi connectivity index (χ3v) is 1.74. The van der Waals surface area contributed by atoms with Crippen molar-refractivity contribution in [3.8, 4) is 0 Å². The van der Waals surface area contributed by atoms with Crippen LogP contribution < -0.4 is 0 Å². The van der Waals surface area contributed by atoms with Crippen LogP contribution in [0.5, 0.6) is 0 Å². The number of halogens is 3. The minimum absolute atomic E-state index is 0.363. The van der Waals surface area contributed by atoms with E-state index >= 15 is 0 Å². The topological polar surface area (TPSA) is 80.4 Å². The quantitative estimate of drug-likeness (QED) is 0.490. The van der Waals surface area contributed by atoms with Crippen LogP contribution in [-0.2, 0) is 11.2 Å². The number of aliphatic carboxylic acids is 1. The molecule has 0 heterocycles. The minimum atomic E-state index is -2.05. The second-order valence-corrected chi connectivity index (χ2v) is 2.82. The normalized spacial score (nSPS) is 10.2. The van der Waals surface area contributed by atoms with Crippen LogP contribution in [0.4, 0.5) is 18.9 Å². The highest BCUT2D eigenvalue weighted by Crippen LogP contribution is 2.25. The second kappa shape index (κ2) is 4.17. The Labute approximate surface area is 86.3 Å². The Kier molecular flexibility index (Phi) is 3.11. The molecule has 0 bridgehead atoms. The highest BCUT2D eigenvalue weighted by Gasteiger charge is 2.26. The van der Waals surface area contributed by atoms with Crippen LogP contribution in [0.25, 0.3) is 0 Å². The number of nitro groups is 1. The smallest absolute Gasteiger partial charge is 0.308 e. The molecule has 0 aliphatic rings. The first-order valence-electron chi connectivity index (χ1n) is 3.87. The number of hydrogen-bond donors (Lipinski definition) is 1. The summed E-state index contributed by atoms with van der Waals surface area (Å²) in [5.74, 6) is -7.24. The van der Waals surface area contributed by atoms with E-state index in [0.717, 1.165) is 0 Å². The maximum absolute atomic E-state index is 13.0. The van der Waals surface area contributed by atoms with E-state index in [0.29, 0.717) is 6.07 Å². The molecule has 0 spiro atoms. The molecule has 1 rings (SSSR count). The Morgan fingerprint density at radius 1 is 1.31 bits per heavy atom. The zero-order valence-electron chi connectivity index (χ0n) is 7.54. The number of nitrogens with zero attached hydrogens (tertiary/aromatic N) is 1. The van der Waals surface area contributed by atoms with Gasteiger partial charge in [0, 0.05) is 11.6 Å². The highest BCUT2D eigenvalue weighted by molar-refractivity contribution is 5.70. The van der Waals surface area contributed by atoms with Crippen molar-refractivity contribution >= 4 is 11.7 Å². The lowest BCUT2D eigenvalue weighted by Gasteiger charge is -2.02. The van der Waals surface area contributed by atoms with Crippen molar-refractivity contribution in [2.24, 2.45) is 0 Å². The lowest BCUT2D eigenvalue weighted by molar-refractivity contribution is -0.387. The van der Waals surface area contributed by atoms with E-state index in [4.69, 9.17) is 5.11 Å². The molecule has 1 aromatic carbocycles. The van der Waals surface area contributed by atoms with Crippen LogP contribution in [0.15, 0.2) is 6.07 Å². The average Bonchev–Trinajstić information content (AvgIpc) is 2.18. The fourth-order valence-corrected chi connectivity index (χ4v) is 1.07. The van der Waals surface area contributed by atoms with Gasteiger partial charge in [0.1, 0.15) is 0 Å². The van der Waals surface area contributed by atoms with Gasteiger partial charge in [-0.2, -0.15) is 4.39 Å². The lowest BCUT2D eigenvalue weighted by Crippen LogP contribution is -2.07. The van der Waals surface area contributed by atoms with E-state index < -0.39 is 46.0 Å². The molecular weight excluding hydrogens is 231 g/mol. The Morgan fingerprint density at radius 3 is 2.31 bits per heavy atom. The molecule has 0 atom stereocenters. The first kappa shape index (κ1) is 12.0. The average molecular weight is 235 g/mol. The fraction of sp³-hybridized carbons (Fsp3) is 0.125. The molecule has 0 saturated heterocycles. The van der Waals surface area contributed by atoms with E-state index in [1.807, 2.05) is 0 Å². The monoisotopic (exact) mass is 235 g/mol. The summed E-state index contributed by atoms with van der Waals surface area (Å²) >= 11 is 0. The molecule has 0 saturated carbocycles. The lowest BCUT2D eigenvalue weighted by atomic mass is 10.1. The van der Waals surface area contributed by atoms with E-state index in [9.17, 15) is 28.1 Å². The van der Waals surface area contributed by atoms with Gasteiger partial charge in [-0.1, -0.05) is 0 Å². The Morgan fingerprint density at radius 2 is 1.88 bits per heavy atom. The van der Waals surface area contributed by atoms with Gasteiger partial charge in [0.2, 0.25) is 11.6 Å². The van der Waals surface area contributed by atoms with Gasteiger partial charge >= 0.3 is 11.7 Å². The summed E-state index contributed by atoms with van der Waals surface area (Å²) < 4.78 is 38.6. The first-order chi connectivity index (χ1) is 7.34. The van der Waals surface area contributed by atoms with Crippen LogP contribution in [0.3, 0.4) is 0 Å². The Balaban J connectivity index is 3.40. The molecule has 16 heavy (non-hydrogen) atoms. The Hall–Kier alpha value is -2.12. The molecule has 0 unspecified atom stereocenters. The van der Waals surface area contributed by atoms with E-state index in [2.05, 4.69) is 0 Å². The molecule has 0 aliphatic carbocycles. The summed E-state index contributed by atoms with van der Waals surface area (Å²) in [7, 11) is 0. The maximum Gasteiger partial charge on any atom is 0.308 e. The highest BCUT2D eigenvalue weighted by atomic mass is 19.2. The molecule has 0 fully saturated rings. The van der Waals surface area contributed by atoms with Gasteiger partial charge in [0.15, 0.2) is 5.82 Å². The van der Waals surface area contributed by atoms with Crippen LogP contribution >= 0.6 is 0 Å². The van der Waals surface area contributed by atoms with Crippen molar-refractivity contribution < 1.29 is 28.0 Å². The number of carbonyl (C=O) groups is 1. The van der Waals surface area contributed by atoms with Gasteiger partial charge in [0.05, 0.1) is 11.3 Å². The molecule has 5 nitrogen and oxygen atoms in total. The molecule has 0 aliphatic heterocycles. The predicted molar refractivity (Wildman–Crippen MR) is 44.3 cm³/mol. The summed E-state index contributed by atoms with van der Waals surface area (Å²) in [5, 5.41) is 18.6. The number of benzene rings is 1. The third-order valence-electron chi connectivity index (χ3n) is 1.74. The molecule has 1 aromatic rings. The largest absolute Gasteiger partial charge is 0.481 e. The molecule has 8 heteroatoms. The molecule has 1 N–H and O–H groups in total. The molecular formula is C8H4F3NO4. The number of rotatable bonds is 3. The van der Waals surface area contributed by atoms with E-state index in [1.54, 1.807) is 0 Å². The van der Waals surface area contributed by atoms with Gasteiger partial charge in [-0.25, -0.2) is 8.78 Å². The number of carboxylic acid groups (broad SMARTS) is 1. The van der Waals surface area contributed by atoms with Gasteiger partial charge in [-0.15, -0.1) is 0 Å². The van der Waals surface area contributed by atoms with Gasteiger partial charge in [0.25, 0.3) is 0 Å². The standard InChI is InChI=1S/C8H4F3NO4/c9-6-3(2-5(13)14)1-4(12(15)16)7(10)8(6)11/h1H,2H2,(H,13,14). The summed E-state index contributed by atoms with van der Waals surface area (Å²) in [6.45, 7) is 0. The summed E-state index contributed by atoms with van der Waals surface area (Å²) in [5.41, 5.74) is -2.08. The van der Waals surface area contributed by atoms with Crippen molar-refractivity contribution in [1.29, 1.82) is 0 Å². The van der Waals surface area contributed by atoms with Crippen LogP contribution in [0.1, 0.15) is 5.56 Å². The molecule has 0 aromatic heterocycles. The minimum Gasteiger partial charge on any atom is -0.481 e. The summed E-state index contributed by atoms with van der Waals surface area (Å²) in [6.07, 6.45) is -0.968. The number of hydrogen-bond acceptors (Lipinski definition) is 3. The van der Waals surface area contributed by atoms with E-state index in [1.165, 1.54) is 0 Å². The molecule has 0 amide bonds. The second-order valence-electron chi connectivity index (χ2n) is 2.82. The van der Waals surface area contributed by atoms with Gasteiger partial charge in [-0.05, 0) is 0 Å². The fourth-order valence-electron chi connectivity index (χ4n) is 1.07. The van der Waals surface area contributed by atoms with Crippen molar-refractivity contribution in [3.63, 3.8) is 0 Å². The van der Waals surface area contributed by atoms with Crippen LogP contribution in [0.2, 0.25) is 0 Å². The van der Waals surface area contributed by atoms with Crippen molar-refractivity contribution in [2.45, 2.75) is 6.42 Å². The zero-order chi connectivity index (χ0) is 12.5. The maximum atomic E-state index is 13.0.